The monoisotopic (exact) mass is 228 g/mol. The SMILES string of the molecule is C=CC(=O)C1(c2ccccc2)CCCCC1=O. The van der Waals surface area contributed by atoms with Gasteiger partial charge in [-0.25, -0.2) is 0 Å². The quantitative estimate of drug-likeness (QED) is 0.589. The number of carbonyl (C=O) groups is 2. The number of Topliss-reactive ketones (excluding diaryl/α,β-unsaturated/α-hetero) is 1. The van der Waals surface area contributed by atoms with Crippen LogP contribution >= 0.6 is 0 Å². The first kappa shape index (κ1) is 11.8. The molecule has 0 aliphatic heterocycles. The van der Waals surface area contributed by atoms with E-state index in [-0.39, 0.29) is 11.6 Å². The third-order valence-corrected chi connectivity index (χ3v) is 3.55. The number of carbonyl (C=O) groups excluding carboxylic acids is 2. The Bertz CT molecular complexity index is 447. The van der Waals surface area contributed by atoms with Crippen LogP contribution in [-0.2, 0) is 15.0 Å². The second-order valence-corrected chi connectivity index (χ2v) is 4.47. The molecule has 0 N–H and O–H groups in total. The minimum absolute atomic E-state index is 0.0415. The number of benzene rings is 1. The van der Waals surface area contributed by atoms with Gasteiger partial charge in [-0.3, -0.25) is 9.59 Å². The summed E-state index contributed by atoms with van der Waals surface area (Å²) in [4.78, 5) is 24.4. The molecule has 1 atom stereocenters. The molecule has 1 unspecified atom stereocenters. The van der Waals surface area contributed by atoms with E-state index in [0.29, 0.717) is 12.8 Å². The normalized spacial score (nSPS) is 24.4. The molecule has 0 spiro atoms. The number of ketones is 2. The second kappa shape index (κ2) is 4.66. The van der Waals surface area contributed by atoms with Gasteiger partial charge in [0, 0.05) is 6.42 Å². The molecule has 2 rings (SSSR count). The van der Waals surface area contributed by atoms with Crippen molar-refractivity contribution in [1.82, 2.24) is 0 Å². The summed E-state index contributed by atoms with van der Waals surface area (Å²) >= 11 is 0. The summed E-state index contributed by atoms with van der Waals surface area (Å²) in [6.07, 6.45) is 4.20. The van der Waals surface area contributed by atoms with Crippen molar-refractivity contribution in [1.29, 1.82) is 0 Å². The Balaban J connectivity index is 2.54. The van der Waals surface area contributed by atoms with Crippen molar-refractivity contribution in [3.05, 3.63) is 48.6 Å². The molecule has 0 bridgehead atoms. The van der Waals surface area contributed by atoms with Crippen molar-refractivity contribution in [3.63, 3.8) is 0 Å². The van der Waals surface area contributed by atoms with Gasteiger partial charge in [-0.1, -0.05) is 43.3 Å². The van der Waals surface area contributed by atoms with E-state index in [0.717, 1.165) is 18.4 Å². The van der Waals surface area contributed by atoms with Crippen LogP contribution in [0.3, 0.4) is 0 Å². The molecule has 1 aliphatic carbocycles. The van der Waals surface area contributed by atoms with E-state index < -0.39 is 5.41 Å². The standard InChI is InChI=1S/C15H16O2/c1-2-13(16)15(11-7-6-10-14(15)17)12-8-4-3-5-9-12/h2-5,8-9H,1,6-7,10-11H2. The van der Waals surface area contributed by atoms with Crippen molar-refractivity contribution in [2.75, 3.05) is 0 Å². The van der Waals surface area contributed by atoms with E-state index in [1.54, 1.807) is 0 Å². The summed E-state index contributed by atoms with van der Waals surface area (Å²) in [6.45, 7) is 3.54. The highest BCUT2D eigenvalue weighted by atomic mass is 16.2. The van der Waals surface area contributed by atoms with Gasteiger partial charge in [0.25, 0.3) is 0 Å². The molecular formula is C15H16O2. The zero-order chi connectivity index (χ0) is 12.3. The molecule has 1 saturated carbocycles. The van der Waals surface area contributed by atoms with Crippen LogP contribution in [0.4, 0.5) is 0 Å². The van der Waals surface area contributed by atoms with Gasteiger partial charge in [-0.2, -0.15) is 0 Å². The van der Waals surface area contributed by atoms with E-state index in [1.165, 1.54) is 6.08 Å². The zero-order valence-corrected chi connectivity index (χ0v) is 9.82. The lowest BCUT2D eigenvalue weighted by molar-refractivity contribution is -0.134. The van der Waals surface area contributed by atoms with Crippen LogP contribution in [0.5, 0.6) is 0 Å². The topological polar surface area (TPSA) is 34.1 Å². The van der Waals surface area contributed by atoms with Gasteiger partial charge >= 0.3 is 0 Å². The lowest BCUT2D eigenvalue weighted by atomic mass is 9.66. The number of hydrogen-bond donors (Lipinski definition) is 0. The fourth-order valence-corrected chi connectivity index (χ4v) is 2.63. The maximum Gasteiger partial charge on any atom is 0.173 e. The van der Waals surface area contributed by atoms with Gasteiger partial charge in [0.1, 0.15) is 5.41 Å². The van der Waals surface area contributed by atoms with Crippen molar-refractivity contribution >= 4 is 11.6 Å². The van der Waals surface area contributed by atoms with Crippen LogP contribution in [0.15, 0.2) is 43.0 Å². The first-order chi connectivity index (χ1) is 8.21. The maximum atomic E-state index is 12.2. The number of rotatable bonds is 3. The maximum absolute atomic E-state index is 12.2. The van der Waals surface area contributed by atoms with Crippen LogP contribution < -0.4 is 0 Å². The van der Waals surface area contributed by atoms with Gasteiger partial charge < -0.3 is 0 Å². The van der Waals surface area contributed by atoms with Gasteiger partial charge in [0.15, 0.2) is 11.6 Å². The summed E-state index contributed by atoms with van der Waals surface area (Å²) in [5, 5.41) is 0. The number of allylic oxidation sites excluding steroid dienone is 1. The minimum Gasteiger partial charge on any atom is -0.298 e. The highest BCUT2D eigenvalue weighted by Gasteiger charge is 2.46. The molecule has 2 heteroatoms. The second-order valence-electron chi connectivity index (χ2n) is 4.47. The minimum atomic E-state index is -0.957. The van der Waals surface area contributed by atoms with E-state index in [4.69, 9.17) is 0 Å². The Hall–Kier alpha value is -1.70. The average Bonchev–Trinajstić information content (AvgIpc) is 2.39. The van der Waals surface area contributed by atoms with Crippen molar-refractivity contribution in [2.24, 2.45) is 0 Å². The fourth-order valence-electron chi connectivity index (χ4n) is 2.63. The molecule has 1 aliphatic rings. The van der Waals surface area contributed by atoms with Crippen molar-refractivity contribution in [3.8, 4) is 0 Å². The molecule has 1 fully saturated rings. The van der Waals surface area contributed by atoms with Crippen LogP contribution in [0.25, 0.3) is 0 Å². The van der Waals surface area contributed by atoms with Gasteiger partial charge in [-0.05, 0) is 24.5 Å². The van der Waals surface area contributed by atoms with E-state index in [1.807, 2.05) is 30.3 Å². The lowest BCUT2D eigenvalue weighted by Gasteiger charge is -2.33. The molecule has 1 aromatic rings. The summed E-state index contributed by atoms with van der Waals surface area (Å²) in [5.41, 5.74) is -0.143. The molecule has 0 radical (unpaired) electrons. The van der Waals surface area contributed by atoms with Gasteiger partial charge in [0.2, 0.25) is 0 Å². The van der Waals surface area contributed by atoms with E-state index >= 15 is 0 Å². The Morgan fingerprint density at radius 2 is 1.94 bits per heavy atom. The smallest absolute Gasteiger partial charge is 0.173 e. The first-order valence-electron chi connectivity index (χ1n) is 5.97. The largest absolute Gasteiger partial charge is 0.298 e. The van der Waals surface area contributed by atoms with Crippen LogP contribution in [0.2, 0.25) is 0 Å². The van der Waals surface area contributed by atoms with Gasteiger partial charge in [0.05, 0.1) is 0 Å². The molecule has 0 saturated heterocycles. The molecule has 88 valence electrons. The molecule has 17 heavy (non-hydrogen) atoms. The summed E-state index contributed by atoms with van der Waals surface area (Å²) < 4.78 is 0. The van der Waals surface area contributed by atoms with Crippen molar-refractivity contribution in [2.45, 2.75) is 31.1 Å². The molecule has 1 aromatic carbocycles. The molecule has 0 aromatic heterocycles. The summed E-state index contributed by atoms with van der Waals surface area (Å²) in [7, 11) is 0. The first-order valence-corrected chi connectivity index (χ1v) is 5.97. The molecule has 0 amide bonds. The van der Waals surface area contributed by atoms with Crippen LogP contribution in [0.1, 0.15) is 31.2 Å². The number of hydrogen-bond acceptors (Lipinski definition) is 2. The molecule has 2 nitrogen and oxygen atoms in total. The molecule has 0 heterocycles. The fraction of sp³-hybridized carbons (Fsp3) is 0.333. The van der Waals surface area contributed by atoms with E-state index in [2.05, 4.69) is 6.58 Å². The Labute approximate surface area is 101 Å². The third kappa shape index (κ3) is 1.84. The van der Waals surface area contributed by atoms with Crippen molar-refractivity contribution < 1.29 is 9.59 Å². The molecular weight excluding hydrogens is 212 g/mol. The van der Waals surface area contributed by atoms with Gasteiger partial charge in [-0.15, -0.1) is 0 Å². The third-order valence-electron chi connectivity index (χ3n) is 3.55. The summed E-state index contributed by atoms with van der Waals surface area (Å²) in [5.74, 6) is -0.117. The van der Waals surface area contributed by atoms with Crippen LogP contribution in [0, 0.1) is 0 Å². The van der Waals surface area contributed by atoms with Crippen LogP contribution in [-0.4, -0.2) is 11.6 Å². The summed E-state index contributed by atoms with van der Waals surface area (Å²) in [6, 6.07) is 9.36. The Kier molecular flexibility index (Phi) is 3.23. The van der Waals surface area contributed by atoms with E-state index in [9.17, 15) is 9.59 Å². The Morgan fingerprint density at radius 3 is 2.53 bits per heavy atom. The Morgan fingerprint density at radius 1 is 1.24 bits per heavy atom. The zero-order valence-electron chi connectivity index (χ0n) is 9.82. The highest BCUT2D eigenvalue weighted by Crippen LogP contribution is 2.37. The highest BCUT2D eigenvalue weighted by molar-refractivity contribution is 6.16. The lowest BCUT2D eigenvalue weighted by Crippen LogP contribution is -2.45. The average molecular weight is 228 g/mol. The predicted molar refractivity (Wildman–Crippen MR) is 66.8 cm³/mol. The predicted octanol–water partition coefficient (Wildman–Crippen LogP) is 2.82.